The predicted octanol–water partition coefficient (Wildman–Crippen LogP) is 2.20. The Morgan fingerprint density at radius 3 is 2.81 bits per heavy atom. The van der Waals surface area contributed by atoms with Gasteiger partial charge >= 0.3 is 0 Å². The summed E-state index contributed by atoms with van der Waals surface area (Å²) in [6.45, 7) is 0.716. The number of aliphatic hydroxyl groups is 1. The maximum atomic E-state index is 13.2. The number of benzene rings is 1. The fourth-order valence-corrected chi connectivity index (χ4v) is 2.21. The number of alkyl halides is 1. The molecule has 1 aromatic rings. The van der Waals surface area contributed by atoms with Gasteiger partial charge in [0.2, 0.25) is 0 Å². The Balaban J connectivity index is 1.89. The lowest BCUT2D eigenvalue weighted by Gasteiger charge is -2.27. The van der Waals surface area contributed by atoms with Gasteiger partial charge in [-0.25, -0.2) is 4.39 Å². The molecule has 1 fully saturated rings. The van der Waals surface area contributed by atoms with Crippen molar-refractivity contribution in [2.45, 2.75) is 37.6 Å². The number of hydrogen-bond donors (Lipinski definition) is 2. The summed E-state index contributed by atoms with van der Waals surface area (Å²) in [6, 6.07) is 9.64. The van der Waals surface area contributed by atoms with Gasteiger partial charge in [-0.15, -0.1) is 0 Å². The van der Waals surface area contributed by atoms with Crippen molar-refractivity contribution < 1.29 is 9.50 Å². The van der Waals surface area contributed by atoms with E-state index >= 15 is 0 Å². The summed E-state index contributed by atoms with van der Waals surface area (Å²) < 4.78 is 13.2. The smallest absolute Gasteiger partial charge is 0.103 e. The first-order chi connectivity index (χ1) is 7.75. The normalized spacial score (nSPS) is 27.6. The summed E-state index contributed by atoms with van der Waals surface area (Å²) in [7, 11) is 0. The molecule has 2 rings (SSSR count). The molecule has 0 aromatic heterocycles. The first kappa shape index (κ1) is 11.6. The van der Waals surface area contributed by atoms with Crippen molar-refractivity contribution in [2.24, 2.45) is 0 Å². The summed E-state index contributed by atoms with van der Waals surface area (Å²) >= 11 is 0. The van der Waals surface area contributed by atoms with E-state index in [0.29, 0.717) is 25.8 Å². The Morgan fingerprint density at radius 2 is 2.12 bits per heavy atom. The van der Waals surface area contributed by atoms with E-state index in [-0.39, 0.29) is 6.04 Å². The zero-order valence-electron chi connectivity index (χ0n) is 9.27. The Morgan fingerprint density at radius 1 is 1.38 bits per heavy atom. The Hall–Kier alpha value is -0.930. The quantitative estimate of drug-likeness (QED) is 0.823. The highest BCUT2D eigenvalue weighted by atomic mass is 19.1. The van der Waals surface area contributed by atoms with Crippen molar-refractivity contribution in [1.29, 1.82) is 0 Å². The van der Waals surface area contributed by atoms with Crippen LogP contribution in [0.2, 0.25) is 0 Å². The number of hydrogen-bond acceptors (Lipinski definition) is 2. The third-order valence-corrected chi connectivity index (χ3v) is 3.12. The van der Waals surface area contributed by atoms with Crippen LogP contribution in [-0.4, -0.2) is 23.9 Å². The average molecular weight is 223 g/mol. The Bertz CT molecular complexity index is 317. The highest BCUT2D eigenvalue weighted by Crippen LogP contribution is 2.22. The molecule has 0 unspecified atom stereocenters. The molecule has 1 heterocycles. The van der Waals surface area contributed by atoms with Gasteiger partial charge in [0.25, 0.3) is 0 Å². The van der Waals surface area contributed by atoms with Gasteiger partial charge in [0, 0.05) is 6.04 Å². The minimum atomic E-state index is -0.714. The van der Waals surface area contributed by atoms with Crippen LogP contribution in [0.25, 0.3) is 0 Å². The van der Waals surface area contributed by atoms with Gasteiger partial charge in [-0.05, 0) is 31.4 Å². The van der Waals surface area contributed by atoms with E-state index in [1.54, 1.807) is 0 Å². The molecular formula is C13H18FNO. The molecule has 1 aliphatic heterocycles. The van der Waals surface area contributed by atoms with Crippen molar-refractivity contribution in [1.82, 2.24) is 5.32 Å². The number of nitrogens with one attached hydrogen (secondary N) is 1. The second kappa shape index (κ2) is 5.41. The number of rotatable bonds is 3. The first-order valence-corrected chi connectivity index (χ1v) is 5.86. The van der Waals surface area contributed by atoms with Gasteiger partial charge in [-0.2, -0.15) is 0 Å². The fourth-order valence-electron chi connectivity index (χ4n) is 2.21. The van der Waals surface area contributed by atoms with Crippen molar-refractivity contribution in [3.63, 3.8) is 0 Å². The van der Waals surface area contributed by atoms with Crippen LogP contribution in [0.1, 0.15) is 30.9 Å². The van der Waals surface area contributed by atoms with Gasteiger partial charge in [-0.3, -0.25) is 0 Å². The zero-order valence-corrected chi connectivity index (χ0v) is 9.27. The van der Waals surface area contributed by atoms with E-state index < -0.39 is 12.3 Å². The zero-order chi connectivity index (χ0) is 11.4. The molecule has 0 saturated carbocycles. The van der Waals surface area contributed by atoms with Crippen molar-refractivity contribution >= 4 is 0 Å². The summed E-state index contributed by atoms with van der Waals surface area (Å²) in [5.41, 5.74) is 0.908. The van der Waals surface area contributed by atoms with Crippen molar-refractivity contribution in [3.8, 4) is 0 Å². The molecule has 0 aliphatic carbocycles. The second-order valence-electron chi connectivity index (χ2n) is 4.43. The van der Waals surface area contributed by atoms with Crippen molar-refractivity contribution in [2.75, 3.05) is 6.54 Å². The van der Waals surface area contributed by atoms with Crippen LogP contribution >= 0.6 is 0 Å². The molecule has 1 aliphatic rings. The number of piperidine rings is 1. The number of aliphatic hydroxyl groups excluding tert-OH is 1. The van der Waals surface area contributed by atoms with Crippen LogP contribution in [-0.2, 0) is 0 Å². The summed E-state index contributed by atoms with van der Waals surface area (Å²) in [6.07, 6.45) is 0.491. The molecule has 1 saturated heterocycles. The Labute approximate surface area is 95.5 Å². The number of halogens is 1. The molecule has 3 heteroatoms. The molecule has 0 amide bonds. The van der Waals surface area contributed by atoms with Crippen LogP contribution in [0, 0.1) is 0 Å². The predicted molar refractivity (Wildman–Crippen MR) is 61.9 cm³/mol. The minimum Gasteiger partial charge on any atom is -0.388 e. The molecule has 2 nitrogen and oxygen atoms in total. The average Bonchev–Trinajstić information content (AvgIpc) is 2.30. The van der Waals surface area contributed by atoms with Crippen LogP contribution in [0.4, 0.5) is 4.39 Å². The van der Waals surface area contributed by atoms with Gasteiger partial charge in [0.05, 0.1) is 6.10 Å². The summed E-state index contributed by atoms with van der Waals surface area (Å²) in [5.74, 6) is 0. The first-order valence-electron chi connectivity index (χ1n) is 5.86. The van der Waals surface area contributed by atoms with Crippen LogP contribution in [0.3, 0.4) is 0 Å². The van der Waals surface area contributed by atoms with Crippen LogP contribution < -0.4 is 5.32 Å². The third-order valence-electron chi connectivity index (χ3n) is 3.12. The highest BCUT2D eigenvalue weighted by molar-refractivity contribution is 5.17. The second-order valence-corrected chi connectivity index (χ2v) is 4.43. The lowest BCUT2D eigenvalue weighted by Crippen LogP contribution is -2.39. The van der Waals surface area contributed by atoms with Gasteiger partial charge < -0.3 is 10.4 Å². The van der Waals surface area contributed by atoms with Crippen LogP contribution in [0.15, 0.2) is 30.3 Å². The highest BCUT2D eigenvalue weighted by Gasteiger charge is 2.23. The van der Waals surface area contributed by atoms with Gasteiger partial charge in [0.1, 0.15) is 6.17 Å². The largest absolute Gasteiger partial charge is 0.388 e. The molecule has 3 atom stereocenters. The van der Waals surface area contributed by atoms with E-state index in [1.807, 2.05) is 30.3 Å². The molecule has 2 N–H and O–H groups in total. The van der Waals surface area contributed by atoms with Gasteiger partial charge in [-0.1, -0.05) is 30.3 Å². The molecule has 16 heavy (non-hydrogen) atoms. The SMILES string of the molecule is O[C@H](C[C@H]1C[C@@H](F)CCN1)c1ccccc1. The standard InChI is InChI=1S/C13H18FNO/c14-11-6-7-15-12(8-11)9-13(16)10-4-2-1-3-5-10/h1-5,11-13,15-16H,6-9H2/t11-,12+,13+/m0/s1. The summed E-state index contributed by atoms with van der Waals surface area (Å²) in [5, 5.41) is 13.2. The van der Waals surface area contributed by atoms with E-state index in [0.717, 1.165) is 5.56 Å². The van der Waals surface area contributed by atoms with E-state index in [2.05, 4.69) is 5.32 Å². The molecule has 0 radical (unpaired) electrons. The lowest BCUT2D eigenvalue weighted by atomic mass is 9.95. The van der Waals surface area contributed by atoms with E-state index in [4.69, 9.17) is 0 Å². The third kappa shape index (κ3) is 3.03. The molecule has 0 bridgehead atoms. The molecule has 88 valence electrons. The maximum absolute atomic E-state index is 13.2. The molecule has 0 spiro atoms. The lowest BCUT2D eigenvalue weighted by molar-refractivity contribution is 0.128. The topological polar surface area (TPSA) is 32.3 Å². The molecular weight excluding hydrogens is 205 g/mol. The molecule has 1 aromatic carbocycles. The summed E-state index contributed by atoms with van der Waals surface area (Å²) in [4.78, 5) is 0. The maximum Gasteiger partial charge on any atom is 0.103 e. The van der Waals surface area contributed by atoms with Crippen LogP contribution in [0.5, 0.6) is 0 Å². The van der Waals surface area contributed by atoms with E-state index in [9.17, 15) is 9.50 Å². The van der Waals surface area contributed by atoms with Gasteiger partial charge in [0.15, 0.2) is 0 Å². The van der Waals surface area contributed by atoms with E-state index in [1.165, 1.54) is 0 Å². The minimum absolute atomic E-state index is 0.0963. The van der Waals surface area contributed by atoms with Crippen molar-refractivity contribution in [3.05, 3.63) is 35.9 Å². The monoisotopic (exact) mass is 223 g/mol. The fraction of sp³-hybridized carbons (Fsp3) is 0.538. The Kier molecular flexibility index (Phi) is 3.91.